The van der Waals surface area contributed by atoms with Crippen LogP contribution in [0.5, 0.6) is 0 Å². The summed E-state index contributed by atoms with van der Waals surface area (Å²) in [5.41, 5.74) is 11.8. The lowest BCUT2D eigenvalue weighted by atomic mass is 10.1. The molecule has 0 spiro atoms. The number of aromatic nitrogens is 3. The molecule has 0 bridgehead atoms. The number of rotatable bonds is 3. The van der Waals surface area contributed by atoms with Gasteiger partial charge in [0.25, 0.3) is 0 Å². The number of fused-ring (bicyclic) bond motifs is 1. The van der Waals surface area contributed by atoms with Crippen LogP contribution in [0.4, 0.5) is 11.9 Å². The number of esters is 1. The molecule has 0 unspecified atom stereocenters. The van der Waals surface area contributed by atoms with E-state index in [1.165, 1.54) is 11.3 Å². The van der Waals surface area contributed by atoms with Crippen LogP contribution in [0.1, 0.15) is 21.1 Å². The highest BCUT2D eigenvalue weighted by Crippen LogP contribution is 2.31. The molecule has 2 aromatic heterocycles. The number of benzene rings is 1. The van der Waals surface area contributed by atoms with Crippen molar-refractivity contribution in [1.82, 2.24) is 15.0 Å². The molecule has 7 nitrogen and oxygen atoms in total. The first-order chi connectivity index (χ1) is 10.5. The van der Waals surface area contributed by atoms with E-state index in [0.717, 1.165) is 15.6 Å². The van der Waals surface area contributed by atoms with E-state index in [0.29, 0.717) is 4.88 Å². The molecule has 0 aliphatic rings. The molecule has 3 aromatic rings. The molecule has 4 N–H and O–H groups in total. The lowest BCUT2D eigenvalue weighted by molar-refractivity contribution is 0.0467. The van der Waals surface area contributed by atoms with E-state index in [1.54, 1.807) is 0 Å². The number of hydrogen-bond donors (Lipinski definition) is 2. The first-order valence-corrected chi connectivity index (χ1v) is 7.27. The first-order valence-electron chi connectivity index (χ1n) is 6.46. The van der Waals surface area contributed by atoms with Crippen LogP contribution in [-0.2, 0) is 11.3 Å². The predicted octanol–water partition coefficient (Wildman–Crippen LogP) is 1.92. The summed E-state index contributed by atoms with van der Waals surface area (Å²) in [6.07, 6.45) is 0. The maximum atomic E-state index is 12.2. The Hall–Kier alpha value is -2.74. The molecule has 0 fully saturated rings. The zero-order valence-corrected chi connectivity index (χ0v) is 12.6. The minimum absolute atomic E-state index is 0.00316. The summed E-state index contributed by atoms with van der Waals surface area (Å²) < 4.78 is 6.28. The molecule has 8 heteroatoms. The fourth-order valence-corrected chi connectivity index (χ4v) is 3.19. The van der Waals surface area contributed by atoms with Crippen LogP contribution in [0.3, 0.4) is 0 Å². The molecule has 1 aromatic carbocycles. The van der Waals surface area contributed by atoms with Crippen molar-refractivity contribution in [2.75, 3.05) is 11.5 Å². The van der Waals surface area contributed by atoms with Gasteiger partial charge in [0.05, 0.1) is 0 Å². The van der Waals surface area contributed by atoms with E-state index in [2.05, 4.69) is 15.0 Å². The summed E-state index contributed by atoms with van der Waals surface area (Å²) in [5, 5.41) is 1.05. The summed E-state index contributed by atoms with van der Waals surface area (Å²) in [7, 11) is 0. The highest BCUT2D eigenvalue weighted by atomic mass is 32.1. The van der Waals surface area contributed by atoms with Crippen molar-refractivity contribution in [1.29, 1.82) is 0 Å². The molecular weight excluding hydrogens is 302 g/mol. The van der Waals surface area contributed by atoms with Gasteiger partial charge in [-0.2, -0.15) is 15.0 Å². The molecule has 22 heavy (non-hydrogen) atoms. The summed E-state index contributed by atoms with van der Waals surface area (Å²) in [6.45, 7) is 1.79. The maximum Gasteiger partial charge on any atom is 0.349 e. The normalized spacial score (nSPS) is 10.8. The van der Waals surface area contributed by atoms with Crippen LogP contribution >= 0.6 is 11.3 Å². The molecule has 3 rings (SSSR count). The molecule has 0 aliphatic heterocycles. The second-order valence-electron chi connectivity index (χ2n) is 4.60. The van der Waals surface area contributed by atoms with Crippen LogP contribution in [0.2, 0.25) is 0 Å². The quantitative estimate of drug-likeness (QED) is 0.709. The van der Waals surface area contributed by atoms with Crippen LogP contribution in [0.25, 0.3) is 10.1 Å². The number of nitrogens with two attached hydrogens (primary N) is 2. The number of nitrogens with zero attached hydrogens (tertiary/aromatic N) is 3. The van der Waals surface area contributed by atoms with Crippen molar-refractivity contribution in [2.24, 2.45) is 0 Å². The average molecular weight is 315 g/mol. The van der Waals surface area contributed by atoms with Crippen molar-refractivity contribution in [3.05, 3.63) is 40.5 Å². The largest absolute Gasteiger partial charge is 0.453 e. The van der Waals surface area contributed by atoms with Gasteiger partial charge in [-0.1, -0.05) is 18.2 Å². The Labute approximate surface area is 130 Å². The number of carbonyl (C=O) groups excluding carboxylic acids is 1. The molecule has 0 saturated carbocycles. The summed E-state index contributed by atoms with van der Waals surface area (Å²) in [4.78, 5) is 24.2. The van der Waals surface area contributed by atoms with Crippen molar-refractivity contribution in [3.63, 3.8) is 0 Å². The summed E-state index contributed by atoms with van der Waals surface area (Å²) in [6, 6.07) is 7.82. The number of nitrogen functional groups attached to an aromatic ring is 2. The van der Waals surface area contributed by atoms with Crippen molar-refractivity contribution in [2.45, 2.75) is 13.5 Å². The fraction of sp³-hybridized carbons (Fsp3) is 0.143. The Bertz CT molecular complexity index is 841. The van der Waals surface area contributed by atoms with Crippen LogP contribution < -0.4 is 11.5 Å². The van der Waals surface area contributed by atoms with Gasteiger partial charge < -0.3 is 16.2 Å². The van der Waals surface area contributed by atoms with E-state index in [9.17, 15) is 4.79 Å². The monoisotopic (exact) mass is 315 g/mol. The number of ether oxygens (including phenoxy) is 1. The predicted molar refractivity (Wildman–Crippen MR) is 84.3 cm³/mol. The third kappa shape index (κ3) is 2.68. The van der Waals surface area contributed by atoms with Gasteiger partial charge in [-0.15, -0.1) is 11.3 Å². The lowest BCUT2D eigenvalue weighted by Gasteiger charge is -2.04. The average Bonchev–Trinajstić information content (AvgIpc) is 2.82. The van der Waals surface area contributed by atoms with Gasteiger partial charge in [0.2, 0.25) is 11.9 Å². The zero-order chi connectivity index (χ0) is 15.7. The number of anilines is 2. The SMILES string of the molecule is Cc1c(C(=O)OCc2nc(N)nc(N)n2)sc2ccccc12. The Morgan fingerprint density at radius 2 is 1.86 bits per heavy atom. The Morgan fingerprint density at radius 1 is 1.18 bits per heavy atom. The highest BCUT2D eigenvalue weighted by molar-refractivity contribution is 7.21. The first kappa shape index (κ1) is 14.2. The minimum Gasteiger partial charge on any atom is -0.453 e. The number of thiophene rings is 1. The van der Waals surface area contributed by atoms with E-state index >= 15 is 0 Å². The standard InChI is InChI=1S/C14H13N5O2S/c1-7-8-4-2-3-5-9(8)22-11(7)12(20)21-6-10-17-13(15)19-14(16)18-10/h2-5H,6H2,1H3,(H4,15,16,17,18,19). The molecule has 0 aliphatic carbocycles. The molecular formula is C14H13N5O2S. The Balaban J connectivity index is 1.80. The topological polar surface area (TPSA) is 117 Å². The molecule has 0 amide bonds. The summed E-state index contributed by atoms with van der Waals surface area (Å²) in [5.74, 6) is -0.207. The molecule has 2 heterocycles. The minimum atomic E-state index is -0.420. The van der Waals surface area contributed by atoms with Gasteiger partial charge in [-0.25, -0.2) is 4.79 Å². The lowest BCUT2D eigenvalue weighted by Crippen LogP contribution is -2.11. The van der Waals surface area contributed by atoms with Gasteiger partial charge in [0.1, 0.15) is 4.88 Å². The second-order valence-corrected chi connectivity index (χ2v) is 5.65. The van der Waals surface area contributed by atoms with Crippen LogP contribution in [-0.4, -0.2) is 20.9 Å². The van der Waals surface area contributed by atoms with E-state index in [-0.39, 0.29) is 24.3 Å². The Kier molecular flexibility index (Phi) is 3.60. The van der Waals surface area contributed by atoms with Gasteiger partial charge in [-0.05, 0) is 23.9 Å². The number of carbonyl (C=O) groups is 1. The van der Waals surface area contributed by atoms with Gasteiger partial charge in [0, 0.05) is 4.70 Å². The smallest absolute Gasteiger partial charge is 0.349 e. The fourth-order valence-electron chi connectivity index (χ4n) is 2.09. The van der Waals surface area contributed by atoms with Gasteiger partial charge in [0.15, 0.2) is 12.4 Å². The van der Waals surface area contributed by atoms with Crippen molar-refractivity contribution < 1.29 is 9.53 Å². The molecule has 0 saturated heterocycles. The second kappa shape index (κ2) is 5.57. The van der Waals surface area contributed by atoms with Gasteiger partial charge in [-0.3, -0.25) is 0 Å². The third-order valence-corrected chi connectivity index (χ3v) is 4.33. The van der Waals surface area contributed by atoms with E-state index < -0.39 is 5.97 Å². The van der Waals surface area contributed by atoms with Crippen molar-refractivity contribution in [3.8, 4) is 0 Å². The Morgan fingerprint density at radius 3 is 2.55 bits per heavy atom. The third-order valence-electron chi connectivity index (χ3n) is 3.08. The number of aryl methyl sites for hydroxylation is 1. The van der Waals surface area contributed by atoms with E-state index in [4.69, 9.17) is 16.2 Å². The zero-order valence-electron chi connectivity index (χ0n) is 11.7. The molecule has 0 atom stereocenters. The van der Waals surface area contributed by atoms with Crippen LogP contribution in [0, 0.1) is 6.92 Å². The van der Waals surface area contributed by atoms with Crippen molar-refractivity contribution >= 4 is 39.3 Å². The number of hydrogen-bond acceptors (Lipinski definition) is 8. The molecule has 112 valence electrons. The molecule has 0 radical (unpaired) electrons. The maximum absolute atomic E-state index is 12.2. The van der Waals surface area contributed by atoms with Gasteiger partial charge >= 0.3 is 5.97 Å². The van der Waals surface area contributed by atoms with E-state index in [1.807, 2.05) is 31.2 Å². The summed E-state index contributed by atoms with van der Waals surface area (Å²) >= 11 is 1.40. The highest BCUT2D eigenvalue weighted by Gasteiger charge is 2.17. The van der Waals surface area contributed by atoms with Crippen LogP contribution in [0.15, 0.2) is 24.3 Å².